The Kier molecular flexibility index (Phi) is 7.13. The minimum atomic E-state index is 0.483. The summed E-state index contributed by atoms with van der Waals surface area (Å²) in [6.07, 6.45) is 5.65. The second kappa shape index (κ2) is 9.63. The lowest BCUT2D eigenvalue weighted by atomic mass is 10.2. The van der Waals surface area contributed by atoms with Crippen LogP contribution in [0.3, 0.4) is 0 Å². The Bertz CT molecular complexity index is 594. The molecule has 0 atom stereocenters. The topological polar surface area (TPSA) is 77.5 Å². The SMILES string of the molecule is CCOCCCN=C(N)NCCc1cnn(-c2ccccc2)c1. The van der Waals surface area contributed by atoms with E-state index in [2.05, 4.69) is 15.4 Å². The molecule has 23 heavy (non-hydrogen) atoms. The zero-order chi connectivity index (χ0) is 16.3. The molecule has 124 valence electrons. The Morgan fingerprint density at radius 3 is 2.96 bits per heavy atom. The molecule has 0 spiro atoms. The first-order chi connectivity index (χ1) is 11.3. The normalized spacial score (nSPS) is 11.6. The molecular formula is C17H25N5O. The minimum Gasteiger partial charge on any atom is -0.382 e. The second-order valence-electron chi connectivity index (χ2n) is 5.12. The Hall–Kier alpha value is -2.34. The summed E-state index contributed by atoms with van der Waals surface area (Å²) in [5, 5.41) is 7.50. The van der Waals surface area contributed by atoms with Crippen LogP contribution in [0.2, 0.25) is 0 Å². The summed E-state index contributed by atoms with van der Waals surface area (Å²) in [6, 6.07) is 10.1. The summed E-state index contributed by atoms with van der Waals surface area (Å²) >= 11 is 0. The highest BCUT2D eigenvalue weighted by atomic mass is 16.5. The first-order valence-electron chi connectivity index (χ1n) is 8.00. The number of aromatic nitrogens is 2. The molecule has 0 bridgehead atoms. The van der Waals surface area contributed by atoms with Gasteiger partial charge in [0.25, 0.3) is 0 Å². The van der Waals surface area contributed by atoms with Gasteiger partial charge in [-0.2, -0.15) is 5.10 Å². The van der Waals surface area contributed by atoms with Gasteiger partial charge in [0.2, 0.25) is 0 Å². The summed E-state index contributed by atoms with van der Waals surface area (Å²) in [4.78, 5) is 4.26. The molecule has 0 saturated carbocycles. The Labute approximate surface area is 137 Å². The third-order valence-electron chi connectivity index (χ3n) is 3.31. The number of nitrogens with two attached hydrogens (primary N) is 1. The van der Waals surface area contributed by atoms with E-state index in [1.54, 1.807) is 0 Å². The van der Waals surface area contributed by atoms with Crippen molar-refractivity contribution in [2.75, 3.05) is 26.3 Å². The van der Waals surface area contributed by atoms with Crippen LogP contribution in [0.5, 0.6) is 0 Å². The molecule has 0 aliphatic rings. The number of hydrogen-bond donors (Lipinski definition) is 2. The Morgan fingerprint density at radius 2 is 2.17 bits per heavy atom. The fraction of sp³-hybridized carbons (Fsp3) is 0.412. The predicted molar refractivity (Wildman–Crippen MR) is 92.9 cm³/mol. The van der Waals surface area contributed by atoms with E-state index in [-0.39, 0.29) is 0 Å². The molecule has 0 radical (unpaired) electrons. The average molecular weight is 315 g/mol. The third-order valence-corrected chi connectivity index (χ3v) is 3.31. The van der Waals surface area contributed by atoms with Crippen molar-refractivity contribution in [1.82, 2.24) is 15.1 Å². The van der Waals surface area contributed by atoms with Crippen molar-refractivity contribution in [1.29, 1.82) is 0 Å². The van der Waals surface area contributed by atoms with Gasteiger partial charge in [-0.15, -0.1) is 0 Å². The number of ether oxygens (including phenoxy) is 1. The molecule has 2 aromatic rings. The van der Waals surface area contributed by atoms with E-state index >= 15 is 0 Å². The van der Waals surface area contributed by atoms with Gasteiger partial charge in [0.15, 0.2) is 5.96 Å². The summed E-state index contributed by atoms with van der Waals surface area (Å²) in [7, 11) is 0. The number of nitrogens with one attached hydrogen (secondary N) is 1. The molecule has 6 heteroatoms. The number of para-hydroxylation sites is 1. The van der Waals surface area contributed by atoms with Crippen molar-refractivity contribution in [3.63, 3.8) is 0 Å². The molecule has 0 aliphatic carbocycles. The van der Waals surface area contributed by atoms with Gasteiger partial charge in [-0.25, -0.2) is 4.68 Å². The quantitative estimate of drug-likeness (QED) is 0.420. The van der Waals surface area contributed by atoms with E-state index in [0.717, 1.165) is 43.9 Å². The van der Waals surface area contributed by atoms with Gasteiger partial charge in [0.05, 0.1) is 11.9 Å². The molecule has 0 fully saturated rings. The maximum Gasteiger partial charge on any atom is 0.188 e. The zero-order valence-electron chi connectivity index (χ0n) is 13.6. The van der Waals surface area contributed by atoms with Crippen LogP contribution in [0.15, 0.2) is 47.7 Å². The number of nitrogens with zero attached hydrogens (tertiary/aromatic N) is 3. The van der Waals surface area contributed by atoms with Crippen molar-refractivity contribution in [3.8, 4) is 5.69 Å². The van der Waals surface area contributed by atoms with Crippen LogP contribution in [0.4, 0.5) is 0 Å². The van der Waals surface area contributed by atoms with Crippen LogP contribution in [0.1, 0.15) is 18.9 Å². The van der Waals surface area contributed by atoms with E-state index < -0.39 is 0 Å². The van der Waals surface area contributed by atoms with Gasteiger partial charge in [-0.3, -0.25) is 4.99 Å². The van der Waals surface area contributed by atoms with Crippen molar-refractivity contribution >= 4 is 5.96 Å². The fourth-order valence-electron chi connectivity index (χ4n) is 2.11. The number of benzene rings is 1. The molecule has 0 aliphatic heterocycles. The van der Waals surface area contributed by atoms with E-state index in [4.69, 9.17) is 10.5 Å². The van der Waals surface area contributed by atoms with Crippen LogP contribution in [-0.4, -0.2) is 42.0 Å². The Balaban J connectivity index is 1.70. The largest absolute Gasteiger partial charge is 0.382 e. The molecule has 1 aromatic heterocycles. The van der Waals surface area contributed by atoms with Crippen molar-refractivity contribution in [2.45, 2.75) is 19.8 Å². The van der Waals surface area contributed by atoms with Gasteiger partial charge >= 0.3 is 0 Å². The molecule has 1 heterocycles. The highest BCUT2D eigenvalue weighted by Crippen LogP contribution is 2.07. The maximum atomic E-state index is 5.83. The highest BCUT2D eigenvalue weighted by molar-refractivity contribution is 5.77. The summed E-state index contributed by atoms with van der Waals surface area (Å²) < 4.78 is 7.13. The lowest BCUT2D eigenvalue weighted by Gasteiger charge is -2.04. The summed E-state index contributed by atoms with van der Waals surface area (Å²) in [5.41, 5.74) is 8.04. The van der Waals surface area contributed by atoms with Crippen molar-refractivity contribution in [3.05, 3.63) is 48.3 Å². The standard InChI is InChI=1S/C17H25N5O/c1-2-23-12-6-10-19-17(18)20-11-9-15-13-21-22(14-15)16-7-4-3-5-8-16/h3-5,7-8,13-14H,2,6,9-12H2,1H3,(H3,18,19,20). The molecular weight excluding hydrogens is 290 g/mol. The number of rotatable bonds is 9. The average Bonchev–Trinajstić information content (AvgIpc) is 3.04. The van der Waals surface area contributed by atoms with Crippen molar-refractivity contribution < 1.29 is 4.74 Å². The summed E-state index contributed by atoms with van der Waals surface area (Å²) in [6.45, 7) is 4.88. The minimum absolute atomic E-state index is 0.483. The van der Waals surface area contributed by atoms with Gasteiger partial charge in [0, 0.05) is 32.5 Å². The highest BCUT2D eigenvalue weighted by Gasteiger charge is 2.01. The van der Waals surface area contributed by atoms with E-state index in [9.17, 15) is 0 Å². The number of hydrogen-bond acceptors (Lipinski definition) is 3. The second-order valence-corrected chi connectivity index (χ2v) is 5.12. The molecule has 0 unspecified atom stereocenters. The van der Waals surface area contributed by atoms with Gasteiger partial charge in [-0.1, -0.05) is 18.2 Å². The van der Waals surface area contributed by atoms with E-state index in [0.29, 0.717) is 12.5 Å². The molecule has 3 N–H and O–H groups in total. The number of aliphatic imine (C=N–C) groups is 1. The van der Waals surface area contributed by atoms with Crippen LogP contribution in [0, 0.1) is 0 Å². The van der Waals surface area contributed by atoms with Gasteiger partial charge in [0.1, 0.15) is 0 Å². The monoisotopic (exact) mass is 315 g/mol. The Morgan fingerprint density at radius 1 is 1.35 bits per heavy atom. The van der Waals surface area contributed by atoms with Gasteiger partial charge in [-0.05, 0) is 37.5 Å². The fourth-order valence-corrected chi connectivity index (χ4v) is 2.11. The van der Waals surface area contributed by atoms with Crippen LogP contribution in [-0.2, 0) is 11.2 Å². The van der Waals surface area contributed by atoms with Crippen LogP contribution in [0.25, 0.3) is 5.69 Å². The first kappa shape index (κ1) is 17.0. The maximum absolute atomic E-state index is 5.83. The number of guanidine groups is 1. The predicted octanol–water partition coefficient (Wildman–Crippen LogP) is 1.75. The van der Waals surface area contributed by atoms with Gasteiger partial charge < -0.3 is 15.8 Å². The lowest BCUT2D eigenvalue weighted by molar-refractivity contribution is 0.146. The first-order valence-corrected chi connectivity index (χ1v) is 8.00. The van der Waals surface area contributed by atoms with Crippen LogP contribution >= 0.6 is 0 Å². The molecule has 6 nitrogen and oxygen atoms in total. The van der Waals surface area contributed by atoms with Crippen LogP contribution < -0.4 is 11.1 Å². The molecule has 0 saturated heterocycles. The van der Waals surface area contributed by atoms with E-state index in [1.165, 1.54) is 0 Å². The molecule has 0 amide bonds. The summed E-state index contributed by atoms with van der Waals surface area (Å²) in [5.74, 6) is 0.483. The molecule has 2 rings (SSSR count). The zero-order valence-corrected chi connectivity index (χ0v) is 13.6. The lowest BCUT2D eigenvalue weighted by Crippen LogP contribution is -2.33. The van der Waals surface area contributed by atoms with E-state index in [1.807, 2.05) is 54.3 Å². The van der Waals surface area contributed by atoms with Crippen molar-refractivity contribution in [2.24, 2.45) is 10.7 Å². The smallest absolute Gasteiger partial charge is 0.188 e. The third kappa shape index (κ3) is 6.12. The molecule has 1 aromatic carbocycles.